The van der Waals surface area contributed by atoms with Crippen LogP contribution in [-0.2, 0) is 17.4 Å². The van der Waals surface area contributed by atoms with Gasteiger partial charge >= 0.3 is 29.6 Å². The molecular formula is C3H7N2NaO2S. The minimum Gasteiger partial charge on any atom is -0.696 e. The Balaban J connectivity index is -0.0000000233. The maximum atomic E-state index is 8.89. The van der Waals surface area contributed by atoms with Crippen molar-refractivity contribution in [2.24, 2.45) is 0 Å². The molecule has 6 heteroatoms. The number of thiocyanates is 1. The molecule has 0 aliphatic rings. The van der Waals surface area contributed by atoms with E-state index in [9.17, 15) is 0 Å². The van der Waals surface area contributed by atoms with E-state index in [-0.39, 0.29) is 35.7 Å². The molecule has 0 fully saturated rings. The molecule has 0 aromatic rings. The molecule has 48 valence electrons. The van der Waals surface area contributed by atoms with Gasteiger partial charge in [0.05, 0.1) is 0 Å². The summed E-state index contributed by atoms with van der Waals surface area (Å²) in [6, 6.07) is 0. The fourth-order valence-electron chi connectivity index (χ4n) is 0. The van der Waals surface area contributed by atoms with Crippen LogP contribution in [0.2, 0.25) is 0 Å². The van der Waals surface area contributed by atoms with E-state index in [2.05, 4.69) is 12.6 Å². The molecule has 0 aliphatic heterocycles. The minimum atomic E-state index is -1.08. The molecule has 4 nitrogen and oxygen atoms in total. The Morgan fingerprint density at radius 3 is 1.78 bits per heavy atom. The number of aliphatic carboxylic acids is 1. The average Bonchev–Trinajstić information content (AvgIpc) is 1.33. The first-order valence-electron chi connectivity index (χ1n) is 1.34. The van der Waals surface area contributed by atoms with Crippen molar-refractivity contribution in [3.8, 4) is 5.40 Å². The van der Waals surface area contributed by atoms with Crippen LogP contribution < -0.4 is 40.8 Å². The van der Waals surface area contributed by atoms with Crippen molar-refractivity contribution in [2.45, 2.75) is 6.92 Å². The standard InChI is InChI=1S/C2H4O2.CHNS.H3N.Na/c1-2(3)4;2-1-3;;/h1H3,(H,3,4);3H;1H3;/q;;;+1/p-1. The SMILES string of the molecule is CC(=O)[O-].N#C[S-].[NH4+].[Na+]. The van der Waals surface area contributed by atoms with E-state index in [1.165, 1.54) is 5.40 Å². The second-order valence-corrected chi connectivity index (χ2v) is 0.765. The van der Waals surface area contributed by atoms with Crippen molar-refractivity contribution >= 4 is 18.6 Å². The number of quaternary nitrogens is 1. The second-order valence-electron chi connectivity index (χ2n) is 0.583. The van der Waals surface area contributed by atoms with E-state index in [0.29, 0.717) is 0 Å². The van der Waals surface area contributed by atoms with Crippen molar-refractivity contribution < 1.29 is 39.5 Å². The van der Waals surface area contributed by atoms with Crippen LogP contribution in [0.4, 0.5) is 0 Å². The fraction of sp³-hybridized carbons (Fsp3) is 0.333. The summed E-state index contributed by atoms with van der Waals surface area (Å²) in [4.78, 5) is 8.89. The quantitative estimate of drug-likeness (QED) is 0.221. The zero-order valence-electron chi connectivity index (χ0n) is 5.67. The molecule has 0 spiro atoms. The number of hydrogen-bond acceptors (Lipinski definition) is 4. The Bertz CT molecular complexity index is 88.3. The second kappa shape index (κ2) is 24.2. The number of nitrogens with zero attached hydrogens (tertiary/aromatic N) is 1. The third-order valence-electron chi connectivity index (χ3n) is 0. The number of carbonyl (C=O) groups excluding carboxylic acids is 1. The summed E-state index contributed by atoms with van der Waals surface area (Å²) in [5.41, 5.74) is 0. The molecule has 4 N–H and O–H groups in total. The van der Waals surface area contributed by atoms with Crippen molar-refractivity contribution in [1.29, 1.82) is 5.26 Å². The van der Waals surface area contributed by atoms with E-state index < -0.39 is 5.97 Å². The maximum absolute atomic E-state index is 8.89. The zero-order chi connectivity index (χ0) is 6.28. The molecule has 0 heterocycles. The van der Waals surface area contributed by atoms with E-state index >= 15 is 0 Å². The number of nitriles is 1. The summed E-state index contributed by atoms with van der Waals surface area (Å²) in [6.45, 7) is 0.972. The van der Waals surface area contributed by atoms with Crippen LogP contribution in [0, 0.1) is 10.7 Å². The average molecular weight is 158 g/mol. The largest absolute Gasteiger partial charge is 1.00 e. The number of carboxylic acids is 1. The predicted molar refractivity (Wildman–Crippen MR) is 29.6 cm³/mol. The van der Waals surface area contributed by atoms with Crippen LogP contribution in [0.25, 0.3) is 0 Å². The Morgan fingerprint density at radius 2 is 1.78 bits per heavy atom. The number of carboxylic acid groups (broad SMARTS) is 1. The van der Waals surface area contributed by atoms with E-state index in [0.717, 1.165) is 6.92 Å². The van der Waals surface area contributed by atoms with Gasteiger partial charge in [-0.1, -0.05) is 5.40 Å². The molecule has 0 aromatic heterocycles. The first kappa shape index (κ1) is 22.9. The normalized spacial score (nSPS) is 3.56. The van der Waals surface area contributed by atoms with Crippen LogP contribution >= 0.6 is 0 Å². The van der Waals surface area contributed by atoms with Gasteiger partial charge in [-0.3, -0.25) is 0 Å². The molecule has 0 unspecified atom stereocenters. The fourth-order valence-corrected chi connectivity index (χ4v) is 0. The van der Waals surface area contributed by atoms with Gasteiger partial charge in [0.2, 0.25) is 0 Å². The van der Waals surface area contributed by atoms with Crippen molar-refractivity contribution in [3.63, 3.8) is 0 Å². The topological polar surface area (TPSA) is 100 Å². The first-order valence-corrected chi connectivity index (χ1v) is 1.74. The van der Waals surface area contributed by atoms with Gasteiger partial charge in [-0.25, -0.2) is 5.26 Å². The van der Waals surface area contributed by atoms with Crippen LogP contribution in [0.15, 0.2) is 0 Å². The van der Waals surface area contributed by atoms with E-state index in [4.69, 9.17) is 15.2 Å². The van der Waals surface area contributed by atoms with Crippen LogP contribution in [0.3, 0.4) is 0 Å². The zero-order valence-corrected chi connectivity index (χ0v) is 8.49. The first-order chi connectivity index (χ1) is 3.15. The molecule has 0 amide bonds. The maximum Gasteiger partial charge on any atom is 1.00 e. The van der Waals surface area contributed by atoms with E-state index in [1.807, 2.05) is 0 Å². The Labute approximate surface area is 81.5 Å². The van der Waals surface area contributed by atoms with Crippen molar-refractivity contribution in [3.05, 3.63) is 0 Å². The molecule has 0 atom stereocenters. The third kappa shape index (κ3) is 15700. The van der Waals surface area contributed by atoms with Gasteiger partial charge in [0.1, 0.15) is 0 Å². The number of rotatable bonds is 0. The molecule has 0 rings (SSSR count). The van der Waals surface area contributed by atoms with Gasteiger partial charge in [0.25, 0.3) is 0 Å². The van der Waals surface area contributed by atoms with Gasteiger partial charge in [-0.05, 0) is 6.92 Å². The molecule has 0 aromatic carbocycles. The van der Waals surface area contributed by atoms with Gasteiger partial charge in [0.15, 0.2) is 0 Å². The summed E-state index contributed by atoms with van der Waals surface area (Å²) < 4.78 is 0. The molecule has 0 aliphatic carbocycles. The van der Waals surface area contributed by atoms with Crippen LogP contribution in [-0.4, -0.2) is 5.97 Å². The Morgan fingerprint density at radius 1 is 1.78 bits per heavy atom. The third-order valence-corrected chi connectivity index (χ3v) is 0. The molecule has 0 bridgehead atoms. The molecule has 0 saturated carbocycles. The van der Waals surface area contributed by atoms with Gasteiger partial charge in [-0.2, -0.15) is 0 Å². The molecule has 0 radical (unpaired) electrons. The van der Waals surface area contributed by atoms with Gasteiger partial charge in [-0.15, -0.1) is 0 Å². The summed E-state index contributed by atoms with van der Waals surface area (Å²) in [5, 5.41) is 17.4. The Hall–Kier alpha value is 0.140. The van der Waals surface area contributed by atoms with Gasteiger partial charge in [0, 0.05) is 5.97 Å². The van der Waals surface area contributed by atoms with Gasteiger partial charge < -0.3 is 28.7 Å². The smallest absolute Gasteiger partial charge is 0.696 e. The molecule has 9 heavy (non-hydrogen) atoms. The monoisotopic (exact) mass is 158 g/mol. The molecular weight excluding hydrogens is 151 g/mol. The van der Waals surface area contributed by atoms with Crippen molar-refractivity contribution in [2.75, 3.05) is 0 Å². The van der Waals surface area contributed by atoms with Crippen molar-refractivity contribution in [1.82, 2.24) is 6.15 Å². The number of carbonyl (C=O) groups is 1. The summed E-state index contributed by atoms with van der Waals surface area (Å²) in [7, 11) is 0. The predicted octanol–water partition coefficient (Wildman–Crippen LogP) is -3.85. The minimum absolute atomic E-state index is 0. The summed E-state index contributed by atoms with van der Waals surface area (Å²) in [6.07, 6.45) is 0. The molecule has 0 saturated heterocycles. The van der Waals surface area contributed by atoms with Crippen LogP contribution in [0.1, 0.15) is 6.92 Å². The summed E-state index contributed by atoms with van der Waals surface area (Å²) in [5.74, 6) is -1.08. The summed E-state index contributed by atoms with van der Waals surface area (Å²) >= 11 is 3.70. The number of hydrogen-bond donors (Lipinski definition) is 1. The Kier molecular flexibility index (Phi) is 61.7. The van der Waals surface area contributed by atoms with Crippen LogP contribution in [0.5, 0.6) is 0 Å². The van der Waals surface area contributed by atoms with E-state index in [1.54, 1.807) is 0 Å².